The smallest absolute Gasteiger partial charge is 0.276 e. The molecule has 0 radical (unpaired) electrons. The summed E-state index contributed by atoms with van der Waals surface area (Å²) in [6.45, 7) is 2.13. The van der Waals surface area contributed by atoms with Gasteiger partial charge in [0, 0.05) is 5.69 Å². The average molecular weight is 276 g/mol. The van der Waals surface area contributed by atoms with E-state index in [1.54, 1.807) is 0 Å². The molecule has 0 saturated carbocycles. The molecule has 1 N–H and O–H groups in total. The van der Waals surface area contributed by atoms with E-state index >= 15 is 0 Å². The quantitative estimate of drug-likeness (QED) is 0.931. The predicted octanol–water partition coefficient (Wildman–Crippen LogP) is 3.33. The van der Waals surface area contributed by atoms with E-state index in [1.807, 2.05) is 24.3 Å². The standard InChI is InChI=1S/C14H14ClN3O/c1-2-3-10-4-6-11(7-5-10)16-14(19)12-8-9-13(15)18-17-12/h4-9H,2-3H2,1H3,(H,16,19). The Morgan fingerprint density at radius 3 is 2.47 bits per heavy atom. The van der Waals surface area contributed by atoms with Crippen LogP contribution in [0.5, 0.6) is 0 Å². The van der Waals surface area contributed by atoms with Crippen molar-refractivity contribution in [3.05, 3.63) is 52.8 Å². The van der Waals surface area contributed by atoms with E-state index in [4.69, 9.17) is 11.6 Å². The molecule has 5 heteroatoms. The number of rotatable bonds is 4. The number of carbonyl (C=O) groups is 1. The van der Waals surface area contributed by atoms with E-state index in [0.717, 1.165) is 18.5 Å². The highest BCUT2D eigenvalue weighted by molar-refractivity contribution is 6.29. The fourth-order valence-corrected chi connectivity index (χ4v) is 1.78. The molecule has 19 heavy (non-hydrogen) atoms. The minimum Gasteiger partial charge on any atom is -0.321 e. The summed E-state index contributed by atoms with van der Waals surface area (Å²) < 4.78 is 0. The van der Waals surface area contributed by atoms with E-state index in [1.165, 1.54) is 17.7 Å². The Labute approximate surface area is 116 Å². The summed E-state index contributed by atoms with van der Waals surface area (Å²) in [5.41, 5.74) is 2.23. The zero-order valence-electron chi connectivity index (χ0n) is 10.6. The number of aryl methyl sites for hydroxylation is 1. The van der Waals surface area contributed by atoms with Gasteiger partial charge in [0.15, 0.2) is 10.8 Å². The second-order valence-electron chi connectivity index (χ2n) is 4.14. The van der Waals surface area contributed by atoms with E-state index in [9.17, 15) is 4.79 Å². The number of hydrogen-bond acceptors (Lipinski definition) is 3. The van der Waals surface area contributed by atoms with Crippen molar-refractivity contribution in [2.24, 2.45) is 0 Å². The number of aromatic nitrogens is 2. The van der Waals surface area contributed by atoms with Gasteiger partial charge in [-0.15, -0.1) is 10.2 Å². The maximum atomic E-state index is 11.9. The molecule has 0 atom stereocenters. The van der Waals surface area contributed by atoms with Gasteiger partial charge in [-0.3, -0.25) is 4.79 Å². The number of carbonyl (C=O) groups excluding carboxylic acids is 1. The van der Waals surface area contributed by atoms with Gasteiger partial charge >= 0.3 is 0 Å². The Morgan fingerprint density at radius 1 is 1.16 bits per heavy atom. The Hall–Kier alpha value is -1.94. The van der Waals surface area contributed by atoms with Crippen LogP contribution < -0.4 is 5.32 Å². The lowest BCUT2D eigenvalue weighted by Crippen LogP contribution is -2.14. The van der Waals surface area contributed by atoms with Gasteiger partial charge in [0.05, 0.1) is 0 Å². The molecule has 0 fully saturated rings. The number of benzene rings is 1. The molecule has 98 valence electrons. The number of nitrogens with one attached hydrogen (secondary N) is 1. The lowest BCUT2D eigenvalue weighted by atomic mass is 10.1. The van der Waals surface area contributed by atoms with Gasteiger partial charge < -0.3 is 5.32 Å². The van der Waals surface area contributed by atoms with Gasteiger partial charge in [-0.1, -0.05) is 37.1 Å². The number of hydrogen-bond donors (Lipinski definition) is 1. The average Bonchev–Trinajstić information content (AvgIpc) is 2.42. The second kappa shape index (κ2) is 6.29. The molecule has 1 aromatic heterocycles. The number of anilines is 1. The third kappa shape index (κ3) is 3.76. The van der Waals surface area contributed by atoms with Crippen molar-refractivity contribution in [2.45, 2.75) is 19.8 Å². The molecule has 0 unspecified atom stereocenters. The van der Waals surface area contributed by atoms with Crippen molar-refractivity contribution in [3.63, 3.8) is 0 Å². The topological polar surface area (TPSA) is 54.9 Å². The molecule has 1 aromatic carbocycles. The van der Waals surface area contributed by atoms with Gasteiger partial charge in [-0.2, -0.15) is 0 Å². The van der Waals surface area contributed by atoms with Gasteiger partial charge in [-0.25, -0.2) is 0 Å². The molecular formula is C14H14ClN3O. The van der Waals surface area contributed by atoms with Crippen LogP contribution in [0.25, 0.3) is 0 Å². The molecule has 0 aliphatic rings. The van der Waals surface area contributed by atoms with Crippen LogP contribution in [0.3, 0.4) is 0 Å². The summed E-state index contributed by atoms with van der Waals surface area (Å²) in [5.74, 6) is -0.299. The van der Waals surface area contributed by atoms with Crippen molar-refractivity contribution in [2.75, 3.05) is 5.32 Å². The monoisotopic (exact) mass is 275 g/mol. The molecule has 2 aromatic rings. The summed E-state index contributed by atoms with van der Waals surface area (Å²) in [6, 6.07) is 10.8. The highest BCUT2D eigenvalue weighted by Gasteiger charge is 2.08. The molecule has 4 nitrogen and oxygen atoms in total. The Bertz CT molecular complexity index is 552. The number of nitrogens with zero attached hydrogens (tertiary/aromatic N) is 2. The second-order valence-corrected chi connectivity index (χ2v) is 4.53. The van der Waals surface area contributed by atoms with Crippen molar-refractivity contribution in [1.82, 2.24) is 10.2 Å². The van der Waals surface area contributed by atoms with Crippen LogP contribution in [0.15, 0.2) is 36.4 Å². The summed E-state index contributed by atoms with van der Waals surface area (Å²) in [4.78, 5) is 11.9. The molecular weight excluding hydrogens is 262 g/mol. The Balaban J connectivity index is 2.04. The molecule has 1 heterocycles. The van der Waals surface area contributed by atoms with Crippen LogP contribution in [0.1, 0.15) is 29.4 Å². The molecule has 0 saturated heterocycles. The minimum atomic E-state index is -0.299. The summed E-state index contributed by atoms with van der Waals surface area (Å²) in [7, 11) is 0. The summed E-state index contributed by atoms with van der Waals surface area (Å²) in [6.07, 6.45) is 2.14. The number of halogens is 1. The first-order valence-electron chi connectivity index (χ1n) is 6.08. The highest BCUT2D eigenvalue weighted by atomic mass is 35.5. The molecule has 0 aliphatic heterocycles. The van der Waals surface area contributed by atoms with Crippen molar-refractivity contribution in [3.8, 4) is 0 Å². The predicted molar refractivity (Wildman–Crippen MR) is 75.4 cm³/mol. The van der Waals surface area contributed by atoms with Crippen LogP contribution in [-0.2, 0) is 6.42 Å². The Morgan fingerprint density at radius 2 is 1.89 bits per heavy atom. The molecule has 1 amide bonds. The first kappa shape index (κ1) is 13.5. The zero-order chi connectivity index (χ0) is 13.7. The SMILES string of the molecule is CCCc1ccc(NC(=O)c2ccc(Cl)nn2)cc1. The van der Waals surface area contributed by atoms with Gasteiger partial charge in [-0.05, 0) is 36.2 Å². The normalized spacial score (nSPS) is 10.2. The number of amides is 1. The van der Waals surface area contributed by atoms with E-state index in [-0.39, 0.29) is 16.8 Å². The molecule has 0 aliphatic carbocycles. The summed E-state index contributed by atoms with van der Waals surface area (Å²) in [5, 5.41) is 10.4. The maximum absolute atomic E-state index is 11.9. The fraction of sp³-hybridized carbons (Fsp3) is 0.214. The van der Waals surface area contributed by atoms with Gasteiger partial charge in [0.1, 0.15) is 0 Å². The first-order chi connectivity index (χ1) is 9.19. The van der Waals surface area contributed by atoms with Gasteiger partial charge in [0.25, 0.3) is 5.91 Å². The van der Waals surface area contributed by atoms with Crippen LogP contribution in [0, 0.1) is 0 Å². The van der Waals surface area contributed by atoms with E-state index in [0.29, 0.717) is 0 Å². The summed E-state index contributed by atoms with van der Waals surface area (Å²) >= 11 is 5.62. The van der Waals surface area contributed by atoms with Crippen molar-refractivity contribution in [1.29, 1.82) is 0 Å². The Kier molecular flexibility index (Phi) is 4.47. The molecule has 0 spiro atoms. The van der Waals surface area contributed by atoms with Crippen LogP contribution in [0.4, 0.5) is 5.69 Å². The van der Waals surface area contributed by atoms with Gasteiger partial charge in [0.2, 0.25) is 0 Å². The molecule has 2 rings (SSSR count). The van der Waals surface area contributed by atoms with Crippen LogP contribution >= 0.6 is 11.6 Å². The van der Waals surface area contributed by atoms with E-state index in [2.05, 4.69) is 22.4 Å². The molecule has 0 bridgehead atoms. The lowest BCUT2D eigenvalue weighted by Gasteiger charge is -2.05. The maximum Gasteiger partial charge on any atom is 0.276 e. The van der Waals surface area contributed by atoms with Crippen LogP contribution in [0.2, 0.25) is 5.15 Å². The van der Waals surface area contributed by atoms with Crippen molar-refractivity contribution >= 4 is 23.2 Å². The largest absolute Gasteiger partial charge is 0.321 e. The third-order valence-electron chi connectivity index (χ3n) is 2.62. The zero-order valence-corrected chi connectivity index (χ0v) is 11.3. The van der Waals surface area contributed by atoms with Crippen LogP contribution in [-0.4, -0.2) is 16.1 Å². The first-order valence-corrected chi connectivity index (χ1v) is 6.46. The lowest BCUT2D eigenvalue weighted by molar-refractivity contribution is 0.102. The highest BCUT2D eigenvalue weighted by Crippen LogP contribution is 2.12. The fourth-order valence-electron chi connectivity index (χ4n) is 1.68. The minimum absolute atomic E-state index is 0.238. The third-order valence-corrected chi connectivity index (χ3v) is 2.82. The van der Waals surface area contributed by atoms with E-state index < -0.39 is 0 Å². The van der Waals surface area contributed by atoms with Crippen molar-refractivity contribution < 1.29 is 4.79 Å².